The van der Waals surface area contributed by atoms with Gasteiger partial charge in [-0.2, -0.15) is 13.2 Å². The van der Waals surface area contributed by atoms with Crippen LogP contribution in [0.1, 0.15) is 35.2 Å². The first-order chi connectivity index (χ1) is 9.97. The second kappa shape index (κ2) is 6.26. The number of hydrogen-bond donors (Lipinski definition) is 1. The molecule has 1 unspecified atom stereocenters. The van der Waals surface area contributed by atoms with Crippen molar-refractivity contribution in [2.45, 2.75) is 25.6 Å². The number of pyridine rings is 1. The van der Waals surface area contributed by atoms with E-state index in [1.165, 1.54) is 12.1 Å². The van der Waals surface area contributed by atoms with Crippen molar-refractivity contribution in [2.24, 2.45) is 0 Å². The highest BCUT2D eigenvalue weighted by Gasteiger charge is 2.31. The first-order valence-electron chi connectivity index (χ1n) is 6.74. The fourth-order valence-electron chi connectivity index (χ4n) is 2.41. The van der Waals surface area contributed by atoms with Crippen LogP contribution in [-0.4, -0.2) is 12.0 Å². The molecule has 5 heteroatoms. The molecule has 0 amide bonds. The van der Waals surface area contributed by atoms with Crippen molar-refractivity contribution in [1.29, 1.82) is 0 Å². The van der Waals surface area contributed by atoms with Gasteiger partial charge < -0.3 is 5.32 Å². The lowest BCUT2D eigenvalue weighted by Crippen LogP contribution is -2.20. The lowest BCUT2D eigenvalue weighted by Gasteiger charge is -2.21. The van der Waals surface area contributed by atoms with Crippen LogP contribution in [0.25, 0.3) is 0 Å². The van der Waals surface area contributed by atoms with Gasteiger partial charge in [0.1, 0.15) is 0 Å². The normalized spacial score (nSPS) is 13.2. The third kappa shape index (κ3) is 3.42. The number of rotatable bonds is 4. The van der Waals surface area contributed by atoms with Gasteiger partial charge in [-0.25, -0.2) is 0 Å². The molecule has 1 atom stereocenters. The minimum Gasteiger partial charge on any atom is -0.309 e. The lowest BCUT2D eigenvalue weighted by molar-refractivity contribution is -0.137. The molecule has 2 nitrogen and oxygen atoms in total. The molecule has 0 aliphatic rings. The predicted molar refractivity (Wildman–Crippen MR) is 76.0 cm³/mol. The van der Waals surface area contributed by atoms with Crippen molar-refractivity contribution in [3.8, 4) is 0 Å². The van der Waals surface area contributed by atoms with Gasteiger partial charge in [0.15, 0.2) is 0 Å². The summed E-state index contributed by atoms with van der Waals surface area (Å²) in [5.41, 5.74) is 1.93. The van der Waals surface area contributed by atoms with E-state index in [4.69, 9.17) is 0 Å². The molecule has 0 aliphatic carbocycles. The first-order valence-corrected chi connectivity index (χ1v) is 6.74. The van der Waals surface area contributed by atoms with Gasteiger partial charge in [-0.15, -0.1) is 0 Å². The van der Waals surface area contributed by atoms with Crippen LogP contribution in [0.5, 0.6) is 0 Å². The molecule has 21 heavy (non-hydrogen) atoms. The number of benzene rings is 1. The second-order valence-corrected chi connectivity index (χ2v) is 4.77. The molecule has 0 bridgehead atoms. The molecule has 112 valence electrons. The van der Waals surface area contributed by atoms with Crippen molar-refractivity contribution in [3.63, 3.8) is 0 Å². The Hall–Kier alpha value is -1.88. The van der Waals surface area contributed by atoms with Crippen LogP contribution in [0.15, 0.2) is 42.7 Å². The maximum Gasteiger partial charge on any atom is 0.416 e. The van der Waals surface area contributed by atoms with Gasteiger partial charge >= 0.3 is 6.18 Å². The average molecular weight is 294 g/mol. The smallest absolute Gasteiger partial charge is 0.309 e. The lowest BCUT2D eigenvalue weighted by atomic mass is 9.94. The van der Waals surface area contributed by atoms with Gasteiger partial charge in [-0.3, -0.25) is 4.98 Å². The Kier molecular flexibility index (Phi) is 4.63. The van der Waals surface area contributed by atoms with Crippen LogP contribution >= 0.6 is 0 Å². The molecule has 1 aromatic heterocycles. The SMILES string of the molecule is CCc1cnccc1C(NC)c1cccc(C(F)(F)F)c1. The molecule has 0 saturated heterocycles. The van der Waals surface area contributed by atoms with Gasteiger partial charge in [0, 0.05) is 12.4 Å². The number of aromatic nitrogens is 1. The summed E-state index contributed by atoms with van der Waals surface area (Å²) in [6.45, 7) is 2.00. The quantitative estimate of drug-likeness (QED) is 0.923. The number of aryl methyl sites for hydroxylation is 1. The van der Waals surface area contributed by atoms with Crippen LogP contribution in [-0.2, 0) is 12.6 Å². The first kappa shape index (κ1) is 15.5. The number of halogens is 3. The van der Waals surface area contributed by atoms with Gasteiger partial charge in [0.25, 0.3) is 0 Å². The van der Waals surface area contributed by atoms with E-state index < -0.39 is 11.7 Å². The van der Waals surface area contributed by atoms with Crippen molar-refractivity contribution < 1.29 is 13.2 Å². The standard InChI is InChI=1S/C16H17F3N2/c1-3-11-10-21-8-7-14(11)15(20-2)12-5-4-6-13(9-12)16(17,18)19/h4-10,15,20H,3H2,1-2H3. The molecule has 2 aromatic rings. The van der Waals surface area contributed by atoms with Crippen LogP contribution < -0.4 is 5.32 Å². The molecular weight excluding hydrogens is 277 g/mol. The average Bonchev–Trinajstić information content (AvgIpc) is 2.48. The minimum atomic E-state index is -4.33. The van der Waals surface area contributed by atoms with Crippen molar-refractivity contribution >= 4 is 0 Å². The van der Waals surface area contributed by atoms with Gasteiger partial charge in [-0.05, 0) is 48.4 Å². The molecule has 0 radical (unpaired) electrons. The summed E-state index contributed by atoms with van der Waals surface area (Å²) < 4.78 is 38.6. The van der Waals surface area contributed by atoms with Crippen LogP contribution in [0.3, 0.4) is 0 Å². The van der Waals surface area contributed by atoms with E-state index in [0.717, 1.165) is 23.6 Å². The molecule has 2 rings (SSSR count). The van der Waals surface area contributed by atoms with E-state index in [9.17, 15) is 13.2 Å². The summed E-state index contributed by atoms with van der Waals surface area (Å²) in [5.74, 6) is 0. The van der Waals surface area contributed by atoms with Crippen LogP contribution in [0.2, 0.25) is 0 Å². The van der Waals surface area contributed by atoms with Crippen molar-refractivity contribution in [3.05, 3.63) is 65.0 Å². The number of hydrogen-bond acceptors (Lipinski definition) is 2. The fourth-order valence-corrected chi connectivity index (χ4v) is 2.41. The van der Waals surface area contributed by atoms with Crippen molar-refractivity contribution in [2.75, 3.05) is 7.05 Å². The van der Waals surface area contributed by atoms with E-state index in [1.54, 1.807) is 25.5 Å². The van der Waals surface area contributed by atoms with Crippen LogP contribution in [0, 0.1) is 0 Å². The topological polar surface area (TPSA) is 24.9 Å². The summed E-state index contributed by atoms with van der Waals surface area (Å²) in [4.78, 5) is 4.08. The highest BCUT2D eigenvalue weighted by molar-refractivity contribution is 5.38. The zero-order chi connectivity index (χ0) is 15.5. The minimum absolute atomic E-state index is 0.287. The van der Waals surface area contributed by atoms with Gasteiger partial charge in [-0.1, -0.05) is 19.1 Å². The van der Waals surface area contributed by atoms with Gasteiger partial charge in [0.2, 0.25) is 0 Å². The third-order valence-electron chi connectivity index (χ3n) is 3.47. The highest BCUT2D eigenvalue weighted by Crippen LogP contribution is 2.32. The summed E-state index contributed by atoms with van der Waals surface area (Å²) >= 11 is 0. The van der Waals surface area contributed by atoms with Crippen LogP contribution in [0.4, 0.5) is 13.2 Å². The maximum atomic E-state index is 12.9. The number of nitrogens with zero attached hydrogens (tertiary/aromatic N) is 1. The van der Waals surface area contributed by atoms with E-state index in [1.807, 2.05) is 13.0 Å². The van der Waals surface area contributed by atoms with E-state index in [0.29, 0.717) is 5.56 Å². The molecule has 1 aromatic carbocycles. The summed E-state index contributed by atoms with van der Waals surface area (Å²) in [5, 5.41) is 3.09. The van der Waals surface area contributed by atoms with E-state index in [-0.39, 0.29) is 6.04 Å². The third-order valence-corrected chi connectivity index (χ3v) is 3.47. The maximum absolute atomic E-state index is 12.9. The summed E-state index contributed by atoms with van der Waals surface area (Å²) in [7, 11) is 1.74. The zero-order valence-corrected chi connectivity index (χ0v) is 11.9. The summed E-state index contributed by atoms with van der Waals surface area (Å²) in [6.07, 6.45) is -0.139. The Bertz CT molecular complexity index is 608. The van der Waals surface area contributed by atoms with E-state index in [2.05, 4.69) is 10.3 Å². The largest absolute Gasteiger partial charge is 0.416 e. The fraction of sp³-hybridized carbons (Fsp3) is 0.312. The molecule has 1 N–H and O–H groups in total. The molecule has 0 saturated carbocycles. The van der Waals surface area contributed by atoms with E-state index >= 15 is 0 Å². The Morgan fingerprint density at radius 2 is 2.00 bits per heavy atom. The Balaban J connectivity index is 2.47. The predicted octanol–water partition coefficient (Wildman–Crippen LogP) is 3.97. The Morgan fingerprint density at radius 1 is 1.24 bits per heavy atom. The number of alkyl halides is 3. The van der Waals surface area contributed by atoms with Crippen molar-refractivity contribution in [1.82, 2.24) is 10.3 Å². The second-order valence-electron chi connectivity index (χ2n) is 4.77. The summed E-state index contributed by atoms with van der Waals surface area (Å²) in [6, 6.07) is 6.99. The molecule has 0 spiro atoms. The Morgan fingerprint density at radius 3 is 2.62 bits per heavy atom. The van der Waals surface area contributed by atoms with Gasteiger partial charge in [0.05, 0.1) is 11.6 Å². The molecule has 0 fully saturated rings. The Labute approximate surface area is 122 Å². The number of nitrogens with one attached hydrogen (secondary N) is 1. The monoisotopic (exact) mass is 294 g/mol. The highest BCUT2D eigenvalue weighted by atomic mass is 19.4. The zero-order valence-electron chi connectivity index (χ0n) is 11.9. The molecule has 0 aliphatic heterocycles. The molecule has 1 heterocycles. The molecular formula is C16H17F3N2.